The van der Waals surface area contributed by atoms with Crippen molar-refractivity contribution in [2.24, 2.45) is 5.92 Å². The van der Waals surface area contributed by atoms with Crippen molar-refractivity contribution in [1.82, 2.24) is 5.32 Å². The van der Waals surface area contributed by atoms with Crippen LogP contribution in [0.4, 0.5) is 4.39 Å². The quantitative estimate of drug-likeness (QED) is 0.813. The molecule has 1 aromatic rings. The van der Waals surface area contributed by atoms with Gasteiger partial charge in [-0.25, -0.2) is 4.39 Å². The summed E-state index contributed by atoms with van der Waals surface area (Å²) in [5, 5.41) is 3.39. The summed E-state index contributed by atoms with van der Waals surface area (Å²) in [5.41, 5.74) is 2.09. The van der Waals surface area contributed by atoms with E-state index >= 15 is 0 Å². The van der Waals surface area contributed by atoms with Crippen molar-refractivity contribution in [2.45, 2.75) is 25.9 Å². The number of rotatable bonds is 6. The summed E-state index contributed by atoms with van der Waals surface area (Å²) in [7, 11) is 1.70. The Kier molecular flexibility index (Phi) is 5.95. The standard InChI is InChI=1S/C16H24FNO2/c1-12-5-6-14(17)10-15(12)16-13(4-3-8-20-16)11-18-7-9-19-2/h5-6,10,13,16,18H,3-4,7-9,11H2,1-2H3. The first-order chi connectivity index (χ1) is 9.72. The normalized spacial score (nSPS) is 22.9. The predicted molar refractivity (Wildman–Crippen MR) is 77.3 cm³/mol. The molecule has 1 heterocycles. The summed E-state index contributed by atoms with van der Waals surface area (Å²) in [4.78, 5) is 0. The second kappa shape index (κ2) is 7.72. The van der Waals surface area contributed by atoms with Gasteiger partial charge in [-0.05, 0) is 43.0 Å². The highest BCUT2D eigenvalue weighted by molar-refractivity contribution is 5.29. The van der Waals surface area contributed by atoms with E-state index in [9.17, 15) is 4.39 Å². The van der Waals surface area contributed by atoms with Gasteiger partial charge in [-0.1, -0.05) is 6.07 Å². The van der Waals surface area contributed by atoms with Crippen LogP contribution in [0.5, 0.6) is 0 Å². The summed E-state index contributed by atoms with van der Waals surface area (Å²) in [6.07, 6.45) is 2.18. The van der Waals surface area contributed by atoms with Crippen molar-refractivity contribution < 1.29 is 13.9 Å². The SMILES string of the molecule is COCCNCC1CCCOC1c1cc(F)ccc1C. The van der Waals surface area contributed by atoms with E-state index in [4.69, 9.17) is 9.47 Å². The molecule has 1 fully saturated rings. The Balaban J connectivity index is 2.04. The van der Waals surface area contributed by atoms with Crippen LogP contribution in [0.1, 0.15) is 30.1 Å². The molecule has 0 aliphatic carbocycles. The maximum atomic E-state index is 13.5. The third kappa shape index (κ3) is 4.01. The van der Waals surface area contributed by atoms with Crippen molar-refractivity contribution in [3.05, 3.63) is 35.1 Å². The molecular weight excluding hydrogens is 257 g/mol. The van der Waals surface area contributed by atoms with E-state index in [0.29, 0.717) is 12.5 Å². The van der Waals surface area contributed by atoms with Crippen LogP contribution in [0, 0.1) is 18.7 Å². The van der Waals surface area contributed by atoms with E-state index in [1.807, 2.05) is 13.0 Å². The number of hydrogen-bond donors (Lipinski definition) is 1. The van der Waals surface area contributed by atoms with Crippen LogP contribution in [-0.2, 0) is 9.47 Å². The molecule has 0 radical (unpaired) electrons. The van der Waals surface area contributed by atoms with Crippen molar-refractivity contribution in [1.29, 1.82) is 0 Å². The minimum Gasteiger partial charge on any atom is -0.383 e. The number of benzene rings is 1. The third-order valence-corrected chi connectivity index (χ3v) is 3.88. The highest BCUT2D eigenvalue weighted by atomic mass is 19.1. The molecule has 0 bridgehead atoms. The van der Waals surface area contributed by atoms with Gasteiger partial charge >= 0.3 is 0 Å². The maximum absolute atomic E-state index is 13.5. The molecule has 20 heavy (non-hydrogen) atoms. The van der Waals surface area contributed by atoms with Gasteiger partial charge in [0.25, 0.3) is 0 Å². The van der Waals surface area contributed by atoms with Crippen LogP contribution in [0.15, 0.2) is 18.2 Å². The number of nitrogens with one attached hydrogen (secondary N) is 1. The molecule has 0 spiro atoms. The van der Waals surface area contributed by atoms with Gasteiger partial charge in [0.2, 0.25) is 0 Å². The van der Waals surface area contributed by atoms with Gasteiger partial charge in [0.1, 0.15) is 5.82 Å². The molecule has 1 aromatic carbocycles. The molecule has 2 unspecified atom stereocenters. The molecule has 3 nitrogen and oxygen atoms in total. The van der Waals surface area contributed by atoms with Crippen LogP contribution in [0.3, 0.4) is 0 Å². The lowest BCUT2D eigenvalue weighted by Crippen LogP contribution is -2.33. The number of aryl methyl sites for hydroxylation is 1. The average Bonchev–Trinajstić information content (AvgIpc) is 2.47. The van der Waals surface area contributed by atoms with E-state index in [1.165, 1.54) is 6.07 Å². The number of ether oxygens (including phenoxy) is 2. The van der Waals surface area contributed by atoms with E-state index < -0.39 is 0 Å². The third-order valence-electron chi connectivity index (χ3n) is 3.88. The molecule has 1 aliphatic rings. The fourth-order valence-electron chi connectivity index (χ4n) is 2.78. The van der Waals surface area contributed by atoms with Crippen molar-refractivity contribution >= 4 is 0 Å². The predicted octanol–water partition coefficient (Wildman–Crippen LogP) is 2.84. The smallest absolute Gasteiger partial charge is 0.123 e. The zero-order chi connectivity index (χ0) is 14.4. The van der Waals surface area contributed by atoms with Crippen molar-refractivity contribution in [3.8, 4) is 0 Å². The van der Waals surface area contributed by atoms with Gasteiger partial charge in [-0.2, -0.15) is 0 Å². The van der Waals surface area contributed by atoms with Gasteiger partial charge in [0.05, 0.1) is 12.7 Å². The second-order valence-corrected chi connectivity index (χ2v) is 5.39. The van der Waals surface area contributed by atoms with Gasteiger partial charge in [0, 0.05) is 32.7 Å². The second-order valence-electron chi connectivity index (χ2n) is 5.39. The van der Waals surface area contributed by atoms with E-state index in [2.05, 4.69) is 5.32 Å². The van der Waals surface area contributed by atoms with Gasteiger partial charge in [0.15, 0.2) is 0 Å². The average molecular weight is 281 g/mol. The minimum atomic E-state index is -0.189. The Hall–Kier alpha value is -0.970. The highest BCUT2D eigenvalue weighted by Gasteiger charge is 2.28. The zero-order valence-electron chi connectivity index (χ0n) is 12.3. The Morgan fingerprint density at radius 1 is 1.45 bits per heavy atom. The van der Waals surface area contributed by atoms with Gasteiger partial charge < -0.3 is 14.8 Å². The van der Waals surface area contributed by atoms with Crippen molar-refractivity contribution in [2.75, 3.05) is 33.4 Å². The molecule has 112 valence electrons. The van der Waals surface area contributed by atoms with Crippen molar-refractivity contribution in [3.63, 3.8) is 0 Å². The summed E-state index contributed by atoms with van der Waals surface area (Å²) in [6.45, 7) is 5.19. The Morgan fingerprint density at radius 2 is 2.30 bits per heavy atom. The molecule has 1 saturated heterocycles. The first kappa shape index (κ1) is 15.4. The Bertz CT molecular complexity index is 425. The molecule has 2 atom stereocenters. The molecule has 0 saturated carbocycles. The molecule has 1 N–H and O–H groups in total. The maximum Gasteiger partial charge on any atom is 0.123 e. The Labute approximate surface area is 120 Å². The van der Waals surface area contributed by atoms with E-state index in [1.54, 1.807) is 13.2 Å². The topological polar surface area (TPSA) is 30.5 Å². The number of halogens is 1. The van der Waals surface area contributed by atoms with Gasteiger partial charge in [-0.3, -0.25) is 0 Å². The fourth-order valence-corrected chi connectivity index (χ4v) is 2.78. The summed E-state index contributed by atoms with van der Waals surface area (Å²) in [6, 6.07) is 4.96. The lowest BCUT2D eigenvalue weighted by Gasteiger charge is -2.33. The minimum absolute atomic E-state index is 0.00510. The van der Waals surface area contributed by atoms with Crippen LogP contribution >= 0.6 is 0 Å². The molecule has 2 rings (SSSR count). The Morgan fingerprint density at radius 3 is 3.10 bits per heavy atom. The fraction of sp³-hybridized carbons (Fsp3) is 0.625. The zero-order valence-corrected chi connectivity index (χ0v) is 12.3. The monoisotopic (exact) mass is 281 g/mol. The summed E-state index contributed by atoms with van der Waals surface area (Å²) >= 11 is 0. The van der Waals surface area contributed by atoms with Crippen LogP contribution in [0.2, 0.25) is 0 Å². The van der Waals surface area contributed by atoms with Gasteiger partial charge in [-0.15, -0.1) is 0 Å². The first-order valence-electron chi connectivity index (χ1n) is 7.29. The summed E-state index contributed by atoms with van der Waals surface area (Å²) < 4.78 is 24.5. The van der Waals surface area contributed by atoms with Crippen LogP contribution in [0.25, 0.3) is 0 Å². The molecule has 1 aliphatic heterocycles. The lowest BCUT2D eigenvalue weighted by molar-refractivity contribution is -0.0285. The molecule has 4 heteroatoms. The molecular formula is C16H24FNO2. The molecule has 0 aromatic heterocycles. The van der Waals surface area contributed by atoms with E-state index in [-0.39, 0.29) is 11.9 Å². The number of hydrogen-bond acceptors (Lipinski definition) is 3. The first-order valence-corrected chi connectivity index (χ1v) is 7.29. The highest BCUT2D eigenvalue weighted by Crippen LogP contribution is 2.35. The van der Waals surface area contributed by atoms with Crippen LogP contribution < -0.4 is 5.32 Å². The van der Waals surface area contributed by atoms with Crippen LogP contribution in [-0.4, -0.2) is 33.4 Å². The largest absolute Gasteiger partial charge is 0.383 e. The van der Waals surface area contributed by atoms with E-state index in [0.717, 1.165) is 43.7 Å². The summed E-state index contributed by atoms with van der Waals surface area (Å²) in [5.74, 6) is 0.201. The molecule has 0 amide bonds. The lowest BCUT2D eigenvalue weighted by atomic mass is 9.87. The number of methoxy groups -OCH3 is 1.